The van der Waals surface area contributed by atoms with Gasteiger partial charge >= 0.3 is 0 Å². The largest absolute Gasteiger partial charge is 0.495 e. The number of anilines is 2. The molecular weight excluding hydrogens is 360 g/mol. The lowest BCUT2D eigenvalue weighted by Crippen LogP contribution is -2.35. The van der Waals surface area contributed by atoms with Gasteiger partial charge in [0.15, 0.2) is 0 Å². The molecule has 0 saturated carbocycles. The van der Waals surface area contributed by atoms with Gasteiger partial charge in [0.25, 0.3) is 5.91 Å². The number of ether oxygens (including phenoxy) is 1. The Balaban J connectivity index is 1.87. The van der Waals surface area contributed by atoms with Crippen molar-refractivity contribution in [3.63, 3.8) is 0 Å². The summed E-state index contributed by atoms with van der Waals surface area (Å²) in [6.45, 7) is 0. The number of halogens is 1. The molecule has 0 aromatic heterocycles. The van der Waals surface area contributed by atoms with Crippen LogP contribution in [0.1, 0.15) is 6.42 Å². The number of para-hydroxylation sites is 3. The highest BCUT2D eigenvalue weighted by Gasteiger charge is 2.40. The summed E-state index contributed by atoms with van der Waals surface area (Å²) < 4.78 is 6.10. The third-order valence-corrected chi connectivity index (χ3v) is 4.37. The minimum Gasteiger partial charge on any atom is -0.495 e. The normalized spacial score (nSPS) is 17.5. The number of methoxy groups -OCH3 is 1. The van der Waals surface area contributed by atoms with Gasteiger partial charge in [-0.1, -0.05) is 24.3 Å². The van der Waals surface area contributed by atoms with E-state index < -0.39 is 6.04 Å². The van der Waals surface area contributed by atoms with Crippen molar-refractivity contribution in [2.75, 3.05) is 17.3 Å². The summed E-state index contributed by atoms with van der Waals surface area (Å²) in [5.41, 5.74) is 1.25. The number of benzene rings is 2. The third kappa shape index (κ3) is 2.94. The van der Waals surface area contributed by atoms with Crippen LogP contribution in [0.5, 0.6) is 5.75 Å². The highest BCUT2D eigenvalue weighted by atomic mass is 79.9. The molecule has 0 aliphatic carbocycles. The van der Waals surface area contributed by atoms with Crippen molar-refractivity contribution in [2.24, 2.45) is 0 Å². The highest BCUT2D eigenvalue weighted by Crippen LogP contribution is 2.33. The van der Waals surface area contributed by atoms with Crippen LogP contribution in [0.25, 0.3) is 0 Å². The molecule has 1 atom stereocenters. The van der Waals surface area contributed by atoms with Crippen LogP contribution in [0, 0.1) is 0 Å². The highest BCUT2D eigenvalue weighted by molar-refractivity contribution is 9.10. The zero-order valence-electron chi connectivity index (χ0n) is 12.5. The third-order valence-electron chi connectivity index (χ3n) is 3.68. The molecule has 1 saturated heterocycles. The molecule has 1 aliphatic rings. The Morgan fingerprint density at radius 1 is 1.13 bits per heavy atom. The number of carbonyl (C=O) groups excluding carboxylic acids is 2. The molecule has 5 nitrogen and oxygen atoms in total. The number of carbonyl (C=O) groups is 2. The van der Waals surface area contributed by atoms with E-state index >= 15 is 0 Å². The predicted molar refractivity (Wildman–Crippen MR) is 91.7 cm³/mol. The molecule has 1 N–H and O–H groups in total. The predicted octanol–water partition coefficient (Wildman–Crippen LogP) is 3.20. The van der Waals surface area contributed by atoms with Crippen molar-refractivity contribution in [3.8, 4) is 5.75 Å². The van der Waals surface area contributed by atoms with Gasteiger partial charge in [-0.15, -0.1) is 0 Å². The summed E-state index contributed by atoms with van der Waals surface area (Å²) >= 11 is 3.43. The average molecular weight is 375 g/mol. The van der Waals surface area contributed by atoms with Crippen LogP contribution in [0.2, 0.25) is 0 Å². The molecule has 1 fully saturated rings. The van der Waals surface area contributed by atoms with Crippen LogP contribution < -0.4 is 15.0 Å². The molecule has 2 aromatic carbocycles. The van der Waals surface area contributed by atoms with Gasteiger partial charge in [-0.3, -0.25) is 9.59 Å². The van der Waals surface area contributed by atoms with Crippen molar-refractivity contribution >= 4 is 39.1 Å². The summed E-state index contributed by atoms with van der Waals surface area (Å²) in [7, 11) is 1.51. The standard InChI is InChI=1S/C17H15BrN2O3/c1-23-15-9-5-4-8-14(15)20-16(21)10-13(17(20)22)19-12-7-3-2-6-11(12)18/h2-9,13,19H,10H2,1H3/t13-/m0/s1. The van der Waals surface area contributed by atoms with E-state index in [1.165, 1.54) is 12.0 Å². The molecule has 0 radical (unpaired) electrons. The van der Waals surface area contributed by atoms with Crippen molar-refractivity contribution in [3.05, 3.63) is 53.0 Å². The Kier molecular flexibility index (Phi) is 4.34. The number of imide groups is 1. The molecule has 1 aliphatic heterocycles. The fraction of sp³-hybridized carbons (Fsp3) is 0.176. The fourth-order valence-electron chi connectivity index (χ4n) is 2.58. The molecule has 118 valence electrons. The maximum Gasteiger partial charge on any atom is 0.256 e. The lowest BCUT2D eigenvalue weighted by molar-refractivity contribution is -0.121. The molecule has 0 unspecified atom stereocenters. The molecule has 3 rings (SSSR count). The van der Waals surface area contributed by atoms with E-state index in [0.29, 0.717) is 11.4 Å². The zero-order valence-corrected chi connectivity index (χ0v) is 14.0. The Bertz CT molecular complexity index is 763. The summed E-state index contributed by atoms with van der Waals surface area (Å²) in [6, 6.07) is 13.9. The second-order valence-electron chi connectivity index (χ2n) is 5.12. The van der Waals surface area contributed by atoms with E-state index in [1.54, 1.807) is 24.3 Å². The first kappa shape index (κ1) is 15.6. The Morgan fingerprint density at radius 2 is 1.83 bits per heavy atom. The molecule has 2 amide bonds. The van der Waals surface area contributed by atoms with Gasteiger partial charge in [-0.05, 0) is 40.2 Å². The van der Waals surface area contributed by atoms with Crippen LogP contribution in [0.15, 0.2) is 53.0 Å². The fourth-order valence-corrected chi connectivity index (χ4v) is 2.98. The van der Waals surface area contributed by atoms with Gasteiger partial charge in [-0.2, -0.15) is 0 Å². The molecule has 0 bridgehead atoms. The van der Waals surface area contributed by atoms with Crippen LogP contribution >= 0.6 is 15.9 Å². The van der Waals surface area contributed by atoms with Gasteiger partial charge in [0, 0.05) is 10.2 Å². The smallest absolute Gasteiger partial charge is 0.256 e. The molecule has 1 heterocycles. The van der Waals surface area contributed by atoms with E-state index in [1.807, 2.05) is 24.3 Å². The Morgan fingerprint density at radius 3 is 2.57 bits per heavy atom. The first-order chi connectivity index (χ1) is 11.1. The van der Waals surface area contributed by atoms with E-state index in [2.05, 4.69) is 21.2 Å². The molecule has 0 spiro atoms. The number of nitrogens with one attached hydrogen (secondary N) is 1. The maximum atomic E-state index is 12.7. The van der Waals surface area contributed by atoms with Crippen LogP contribution in [0.3, 0.4) is 0 Å². The topological polar surface area (TPSA) is 58.6 Å². The molecule has 2 aromatic rings. The van der Waals surface area contributed by atoms with Crippen molar-refractivity contribution in [1.82, 2.24) is 0 Å². The average Bonchev–Trinajstić information content (AvgIpc) is 2.83. The SMILES string of the molecule is COc1ccccc1N1C(=O)C[C@H](Nc2ccccc2Br)C1=O. The van der Waals surface area contributed by atoms with Gasteiger partial charge < -0.3 is 10.1 Å². The number of amides is 2. The van der Waals surface area contributed by atoms with Crippen molar-refractivity contribution < 1.29 is 14.3 Å². The van der Waals surface area contributed by atoms with Crippen LogP contribution in [-0.2, 0) is 9.59 Å². The Labute approximate surface area is 142 Å². The minimum absolute atomic E-state index is 0.109. The van der Waals surface area contributed by atoms with Gasteiger partial charge in [0.05, 0.1) is 19.2 Å². The van der Waals surface area contributed by atoms with Gasteiger partial charge in [0.2, 0.25) is 5.91 Å². The van der Waals surface area contributed by atoms with E-state index in [9.17, 15) is 9.59 Å². The monoisotopic (exact) mass is 374 g/mol. The molecular formula is C17H15BrN2O3. The lowest BCUT2D eigenvalue weighted by atomic mass is 10.2. The van der Waals surface area contributed by atoms with Crippen LogP contribution in [-0.4, -0.2) is 25.0 Å². The lowest BCUT2D eigenvalue weighted by Gasteiger charge is -2.18. The van der Waals surface area contributed by atoms with Crippen LogP contribution in [0.4, 0.5) is 11.4 Å². The summed E-state index contributed by atoms with van der Waals surface area (Å²) in [5, 5.41) is 3.13. The zero-order chi connectivity index (χ0) is 16.4. The first-order valence-electron chi connectivity index (χ1n) is 7.12. The van der Waals surface area contributed by atoms with Crippen molar-refractivity contribution in [1.29, 1.82) is 0 Å². The second kappa shape index (κ2) is 6.42. The molecule has 6 heteroatoms. The number of hydrogen-bond donors (Lipinski definition) is 1. The summed E-state index contributed by atoms with van der Waals surface area (Å²) in [5.74, 6) is -0.0324. The molecule has 23 heavy (non-hydrogen) atoms. The van der Waals surface area contributed by atoms with Gasteiger partial charge in [0.1, 0.15) is 11.8 Å². The maximum absolute atomic E-state index is 12.7. The number of hydrogen-bond acceptors (Lipinski definition) is 4. The van der Waals surface area contributed by atoms with Crippen molar-refractivity contribution in [2.45, 2.75) is 12.5 Å². The summed E-state index contributed by atoms with van der Waals surface area (Å²) in [4.78, 5) is 26.2. The Hall–Kier alpha value is -2.34. The second-order valence-corrected chi connectivity index (χ2v) is 5.97. The van der Waals surface area contributed by atoms with Gasteiger partial charge in [-0.25, -0.2) is 4.90 Å². The van der Waals surface area contributed by atoms with E-state index in [-0.39, 0.29) is 18.2 Å². The van der Waals surface area contributed by atoms with E-state index in [4.69, 9.17) is 4.74 Å². The summed E-state index contributed by atoms with van der Waals surface area (Å²) in [6.07, 6.45) is 0.109. The minimum atomic E-state index is -0.592. The quantitative estimate of drug-likeness (QED) is 0.834. The number of nitrogens with zero attached hydrogens (tertiary/aromatic N) is 1. The van der Waals surface area contributed by atoms with E-state index in [0.717, 1.165) is 10.2 Å². The first-order valence-corrected chi connectivity index (χ1v) is 7.92. The number of rotatable bonds is 4.